The molecule has 0 saturated heterocycles. The van der Waals surface area contributed by atoms with Crippen LogP contribution in [0.2, 0.25) is 0 Å². The second-order valence-corrected chi connectivity index (χ2v) is 5.54. The van der Waals surface area contributed by atoms with E-state index < -0.39 is 0 Å². The number of rotatable bonds is 2. The Labute approximate surface area is 119 Å². The Kier molecular flexibility index (Phi) is 3.06. The maximum Gasteiger partial charge on any atom is 0.202 e. The fraction of sp³-hybridized carbons (Fsp3) is 0.200. The molecule has 0 radical (unpaired) electrons. The molecule has 1 aromatic carbocycles. The van der Waals surface area contributed by atoms with Crippen molar-refractivity contribution in [2.45, 2.75) is 13.8 Å². The number of methoxy groups -OCH3 is 1. The molecule has 0 atom stereocenters. The molecule has 0 unspecified atom stereocenters. The summed E-state index contributed by atoms with van der Waals surface area (Å²) in [6, 6.07) is 5.20. The molecular weight excluding hydrogens is 274 g/mol. The smallest absolute Gasteiger partial charge is 0.202 e. The molecule has 0 saturated carbocycles. The van der Waals surface area contributed by atoms with E-state index in [-0.39, 0.29) is 5.43 Å². The van der Waals surface area contributed by atoms with Crippen LogP contribution in [0.25, 0.3) is 22.2 Å². The lowest BCUT2D eigenvalue weighted by atomic mass is 10.1. The topological polar surface area (TPSA) is 52.3 Å². The first-order valence-electron chi connectivity index (χ1n) is 6.14. The molecule has 0 fully saturated rings. The third-order valence-electron chi connectivity index (χ3n) is 3.15. The zero-order valence-electron chi connectivity index (χ0n) is 11.4. The van der Waals surface area contributed by atoms with Gasteiger partial charge in [0.05, 0.1) is 28.8 Å². The molecule has 2 heterocycles. The second-order valence-electron chi connectivity index (χ2n) is 4.48. The Morgan fingerprint density at radius 3 is 2.75 bits per heavy atom. The van der Waals surface area contributed by atoms with E-state index in [0.717, 1.165) is 5.01 Å². The van der Waals surface area contributed by atoms with Crippen LogP contribution in [0.1, 0.15) is 10.8 Å². The van der Waals surface area contributed by atoms with Crippen molar-refractivity contribution in [1.29, 1.82) is 0 Å². The minimum Gasteiger partial charge on any atom is -0.497 e. The number of hydrogen-bond acceptors (Lipinski definition) is 5. The number of ether oxygens (including phenoxy) is 1. The lowest BCUT2D eigenvalue weighted by molar-refractivity contribution is 0.414. The monoisotopic (exact) mass is 287 g/mol. The fourth-order valence-electron chi connectivity index (χ4n) is 2.19. The first-order valence-corrected chi connectivity index (χ1v) is 7.02. The van der Waals surface area contributed by atoms with Crippen LogP contribution in [-0.4, -0.2) is 12.1 Å². The molecule has 4 nitrogen and oxygen atoms in total. The Balaban J connectivity index is 2.32. The molecule has 2 aromatic heterocycles. The van der Waals surface area contributed by atoms with E-state index in [9.17, 15) is 4.79 Å². The lowest BCUT2D eigenvalue weighted by Gasteiger charge is -2.06. The van der Waals surface area contributed by atoms with E-state index in [1.807, 2.05) is 12.3 Å². The van der Waals surface area contributed by atoms with Crippen molar-refractivity contribution in [3.63, 3.8) is 0 Å². The second kappa shape index (κ2) is 4.76. The van der Waals surface area contributed by atoms with Gasteiger partial charge in [0, 0.05) is 11.4 Å². The van der Waals surface area contributed by atoms with Crippen LogP contribution in [0, 0.1) is 13.8 Å². The number of benzene rings is 1. The van der Waals surface area contributed by atoms with Gasteiger partial charge in [-0.3, -0.25) is 4.79 Å². The number of thiazole rings is 1. The van der Waals surface area contributed by atoms with Gasteiger partial charge in [0.1, 0.15) is 17.1 Å². The first-order chi connectivity index (χ1) is 9.60. The minimum atomic E-state index is -0.0586. The standard InChI is InChI=1S/C15H13NO3S/c1-8-14(12-7-20-9(2)16-12)15(17)11-5-4-10(18-3)6-13(11)19-8/h4-7H,1-3H3. The van der Waals surface area contributed by atoms with E-state index >= 15 is 0 Å². The summed E-state index contributed by atoms with van der Waals surface area (Å²) in [6.07, 6.45) is 0. The molecular formula is C15H13NO3S. The van der Waals surface area contributed by atoms with Crippen LogP contribution in [0.15, 0.2) is 32.8 Å². The Bertz CT molecular complexity index is 848. The van der Waals surface area contributed by atoms with Gasteiger partial charge in [-0.15, -0.1) is 11.3 Å². The normalized spacial score (nSPS) is 10.9. The molecule has 3 rings (SSSR count). The quantitative estimate of drug-likeness (QED) is 0.723. The van der Waals surface area contributed by atoms with Crippen LogP contribution in [0.4, 0.5) is 0 Å². The molecule has 0 bridgehead atoms. The largest absolute Gasteiger partial charge is 0.497 e. The van der Waals surface area contributed by atoms with Crippen LogP contribution in [0.5, 0.6) is 5.75 Å². The number of fused-ring (bicyclic) bond motifs is 1. The highest BCUT2D eigenvalue weighted by atomic mass is 32.1. The molecule has 0 aliphatic carbocycles. The zero-order chi connectivity index (χ0) is 14.3. The predicted octanol–water partition coefficient (Wildman–Crippen LogP) is 3.54. The minimum absolute atomic E-state index is 0.0586. The molecule has 3 aromatic rings. The maximum absolute atomic E-state index is 12.6. The van der Waals surface area contributed by atoms with Gasteiger partial charge in [0.15, 0.2) is 0 Å². The highest BCUT2D eigenvalue weighted by Crippen LogP contribution is 2.26. The van der Waals surface area contributed by atoms with Crippen LogP contribution in [-0.2, 0) is 0 Å². The summed E-state index contributed by atoms with van der Waals surface area (Å²) in [5, 5.41) is 3.34. The maximum atomic E-state index is 12.6. The third-order valence-corrected chi connectivity index (χ3v) is 3.92. The average molecular weight is 287 g/mol. The Morgan fingerprint density at radius 1 is 1.30 bits per heavy atom. The van der Waals surface area contributed by atoms with Crippen molar-refractivity contribution < 1.29 is 9.15 Å². The highest BCUT2D eigenvalue weighted by Gasteiger charge is 2.15. The lowest BCUT2D eigenvalue weighted by Crippen LogP contribution is -2.07. The van der Waals surface area contributed by atoms with Gasteiger partial charge in [-0.05, 0) is 26.0 Å². The van der Waals surface area contributed by atoms with Crippen molar-refractivity contribution in [1.82, 2.24) is 4.98 Å². The number of hydrogen-bond donors (Lipinski definition) is 0. The van der Waals surface area contributed by atoms with Crippen molar-refractivity contribution in [2.75, 3.05) is 7.11 Å². The van der Waals surface area contributed by atoms with E-state index in [2.05, 4.69) is 4.98 Å². The zero-order valence-corrected chi connectivity index (χ0v) is 12.2. The van der Waals surface area contributed by atoms with Crippen LogP contribution >= 0.6 is 11.3 Å². The highest BCUT2D eigenvalue weighted by molar-refractivity contribution is 7.09. The molecule has 0 N–H and O–H groups in total. The molecule has 0 amide bonds. The van der Waals surface area contributed by atoms with Gasteiger partial charge in [0.25, 0.3) is 0 Å². The number of aryl methyl sites for hydroxylation is 2. The summed E-state index contributed by atoms with van der Waals surface area (Å²) in [5.74, 6) is 1.23. The van der Waals surface area contributed by atoms with E-state index in [1.165, 1.54) is 11.3 Å². The SMILES string of the molecule is COc1ccc2c(=O)c(-c3csc(C)n3)c(C)oc2c1. The molecule has 5 heteroatoms. The van der Waals surface area contributed by atoms with Gasteiger partial charge < -0.3 is 9.15 Å². The summed E-state index contributed by atoms with van der Waals surface area (Å²) in [5.41, 5.74) is 1.68. The van der Waals surface area contributed by atoms with E-state index in [1.54, 1.807) is 32.2 Å². The van der Waals surface area contributed by atoms with E-state index in [4.69, 9.17) is 9.15 Å². The van der Waals surface area contributed by atoms with Crippen molar-refractivity contribution >= 4 is 22.3 Å². The Hall–Kier alpha value is -2.14. The van der Waals surface area contributed by atoms with Gasteiger partial charge in [-0.2, -0.15) is 0 Å². The third kappa shape index (κ3) is 2.00. The average Bonchev–Trinajstić information content (AvgIpc) is 2.84. The van der Waals surface area contributed by atoms with Crippen LogP contribution < -0.4 is 10.2 Å². The number of nitrogens with zero attached hydrogens (tertiary/aromatic N) is 1. The summed E-state index contributed by atoms with van der Waals surface area (Å²) in [4.78, 5) is 17.0. The van der Waals surface area contributed by atoms with E-state index in [0.29, 0.717) is 33.7 Å². The Morgan fingerprint density at radius 2 is 2.10 bits per heavy atom. The van der Waals surface area contributed by atoms with Crippen molar-refractivity contribution in [2.24, 2.45) is 0 Å². The fourth-order valence-corrected chi connectivity index (χ4v) is 2.79. The summed E-state index contributed by atoms with van der Waals surface area (Å²) in [7, 11) is 1.58. The molecule has 20 heavy (non-hydrogen) atoms. The van der Waals surface area contributed by atoms with Gasteiger partial charge in [-0.1, -0.05) is 0 Å². The molecule has 102 valence electrons. The summed E-state index contributed by atoms with van der Waals surface area (Å²) in [6.45, 7) is 3.70. The number of aromatic nitrogens is 1. The van der Waals surface area contributed by atoms with Crippen molar-refractivity contribution in [3.05, 3.63) is 44.6 Å². The first kappa shape index (κ1) is 12.9. The molecule has 0 aliphatic rings. The predicted molar refractivity (Wildman–Crippen MR) is 79.6 cm³/mol. The van der Waals surface area contributed by atoms with Crippen LogP contribution in [0.3, 0.4) is 0 Å². The molecule has 0 spiro atoms. The van der Waals surface area contributed by atoms with Crippen molar-refractivity contribution in [3.8, 4) is 17.0 Å². The summed E-state index contributed by atoms with van der Waals surface area (Å²) >= 11 is 1.52. The summed E-state index contributed by atoms with van der Waals surface area (Å²) < 4.78 is 10.9. The molecule has 0 aliphatic heterocycles. The van der Waals surface area contributed by atoms with Gasteiger partial charge >= 0.3 is 0 Å². The van der Waals surface area contributed by atoms with Gasteiger partial charge in [0.2, 0.25) is 5.43 Å². The van der Waals surface area contributed by atoms with Gasteiger partial charge in [-0.25, -0.2) is 4.98 Å².